The first kappa shape index (κ1) is 16.3. The number of hydrogen-bond acceptors (Lipinski definition) is 3. The molecule has 1 unspecified atom stereocenters. The first-order valence-electron chi connectivity index (χ1n) is 8.12. The van der Waals surface area contributed by atoms with E-state index in [-0.39, 0.29) is 11.6 Å². The molecule has 1 aliphatic rings. The Morgan fingerprint density at radius 1 is 1.29 bits per heavy atom. The summed E-state index contributed by atoms with van der Waals surface area (Å²) in [5.41, 5.74) is 1.12. The molecule has 1 atom stereocenters. The van der Waals surface area contributed by atoms with Crippen molar-refractivity contribution in [2.75, 3.05) is 13.2 Å². The van der Waals surface area contributed by atoms with Crippen molar-refractivity contribution in [3.05, 3.63) is 29.8 Å². The Bertz CT molecular complexity index is 435. The van der Waals surface area contributed by atoms with Crippen LogP contribution in [0.1, 0.15) is 58.6 Å². The molecule has 3 nitrogen and oxygen atoms in total. The van der Waals surface area contributed by atoms with E-state index in [9.17, 15) is 0 Å². The second-order valence-electron chi connectivity index (χ2n) is 6.82. The molecule has 3 heteroatoms. The second kappa shape index (κ2) is 7.28. The van der Waals surface area contributed by atoms with Crippen LogP contribution in [0.2, 0.25) is 0 Å². The highest BCUT2D eigenvalue weighted by Gasteiger charge is 2.24. The lowest BCUT2D eigenvalue weighted by atomic mass is 10.1. The van der Waals surface area contributed by atoms with E-state index < -0.39 is 0 Å². The summed E-state index contributed by atoms with van der Waals surface area (Å²) < 4.78 is 11.9. The van der Waals surface area contributed by atoms with Crippen molar-refractivity contribution in [2.24, 2.45) is 0 Å². The van der Waals surface area contributed by atoms with E-state index in [1.165, 1.54) is 18.4 Å². The van der Waals surface area contributed by atoms with Gasteiger partial charge in [-0.15, -0.1) is 0 Å². The van der Waals surface area contributed by atoms with Crippen molar-refractivity contribution in [3.63, 3.8) is 0 Å². The van der Waals surface area contributed by atoms with Gasteiger partial charge in [0, 0.05) is 0 Å². The third kappa shape index (κ3) is 6.06. The number of nitrogens with one attached hydrogen (secondary N) is 1. The van der Waals surface area contributed by atoms with Crippen LogP contribution in [0.25, 0.3) is 0 Å². The van der Waals surface area contributed by atoms with Crippen LogP contribution in [0, 0.1) is 0 Å². The van der Waals surface area contributed by atoms with Crippen LogP contribution in [0.15, 0.2) is 24.3 Å². The molecule has 1 saturated carbocycles. The van der Waals surface area contributed by atoms with E-state index >= 15 is 0 Å². The van der Waals surface area contributed by atoms with Gasteiger partial charge in [-0.05, 0) is 64.3 Å². The predicted octanol–water partition coefficient (Wildman–Crippen LogP) is 4.08. The largest absolute Gasteiger partial charge is 0.490 e. The SMILES string of the molecule is CCCNC(COC(C)(C)C)c1cccc(OC2CC2)c1. The van der Waals surface area contributed by atoms with Gasteiger partial charge in [-0.2, -0.15) is 0 Å². The highest BCUT2D eigenvalue weighted by atomic mass is 16.5. The first-order valence-corrected chi connectivity index (χ1v) is 8.12. The Balaban J connectivity index is 2.02. The van der Waals surface area contributed by atoms with Crippen LogP contribution in [0.4, 0.5) is 0 Å². The summed E-state index contributed by atoms with van der Waals surface area (Å²) in [5, 5.41) is 3.57. The van der Waals surface area contributed by atoms with Crippen molar-refractivity contribution < 1.29 is 9.47 Å². The average Bonchev–Trinajstić information content (AvgIpc) is 3.22. The van der Waals surface area contributed by atoms with Crippen LogP contribution in [-0.4, -0.2) is 24.9 Å². The summed E-state index contributed by atoms with van der Waals surface area (Å²) in [5.74, 6) is 0.981. The van der Waals surface area contributed by atoms with E-state index in [0.29, 0.717) is 12.7 Å². The fourth-order valence-electron chi connectivity index (χ4n) is 2.11. The Kier molecular flexibility index (Phi) is 5.65. The minimum Gasteiger partial charge on any atom is -0.490 e. The molecule has 1 N–H and O–H groups in total. The van der Waals surface area contributed by atoms with Crippen molar-refractivity contribution >= 4 is 0 Å². The van der Waals surface area contributed by atoms with Gasteiger partial charge in [0.15, 0.2) is 0 Å². The van der Waals surface area contributed by atoms with E-state index in [1.54, 1.807) is 0 Å². The van der Waals surface area contributed by atoms with Gasteiger partial charge < -0.3 is 14.8 Å². The Hall–Kier alpha value is -1.06. The third-order valence-electron chi connectivity index (χ3n) is 3.41. The number of hydrogen-bond donors (Lipinski definition) is 1. The zero-order valence-electron chi connectivity index (χ0n) is 13.8. The monoisotopic (exact) mass is 291 g/mol. The topological polar surface area (TPSA) is 30.5 Å². The van der Waals surface area contributed by atoms with Gasteiger partial charge in [-0.25, -0.2) is 0 Å². The summed E-state index contributed by atoms with van der Waals surface area (Å²) in [7, 11) is 0. The molecule has 1 fully saturated rings. The van der Waals surface area contributed by atoms with Gasteiger partial charge in [0.2, 0.25) is 0 Å². The Labute approximate surface area is 129 Å². The molecule has 0 saturated heterocycles. The summed E-state index contributed by atoms with van der Waals surface area (Å²) in [4.78, 5) is 0. The van der Waals surface area contributed by atoms with Gasteiger partial charge in [0.05, 0.1) is 24.4 Å². The highest BCUT2D eigenvalue weighted by molar-refractivity contribution is 5.31. The maximum Gasteiger partial charge on any atom is 0.120 e. The zero-order valence-corrected chi connectivity index (χ0v) is 13.8. The molecule has 0 bridgehead atoms. The van der Waals surface area contributed by atoms with Crippen molar-refractivity contribution in [1.82, 2.24) is 5.32 Å². The molecule has 0 aromatic heterocycles. The van der Waals surface area contributed by atoms with E-state index in [1.807, 2.05) is 6.07 Å². The smallest absolute Gasteiger partial charge is 0.120 e. The predicted molar refractivity (Wildman–Crippen MR) is 86.8 cm³/mol. The van der Waals surface area contributed by atoms with Gasteiger partial charge in [-0.3, -0.25) is 0 Å². The molecular formula is C18H29NO2. The van der Waals surface area contributed by atoms with Crippen LogP contribution in [0.5, 0.6) is 5.75 Å². The molecule has 0 radical (unpaired) electrons. The molecular weight excluding hydrogens is 262 g/mol. The minimum absolute atomic E-state index is 0.117. The molecule has 0 amide bonds. The van der Waals surface area contributed by atoms with Gasteiger partial charge in [0.1, 0.15) is 5.75 Å². The van der Waals surface area contributed by atoms with Crippen LogP contribution >= 0.6 is 0 Å². The quantitative estimate of drug-likeness (QED) is 0.782. The Morgan fingerprint density at radius 3 is 2.67 bits per heavy atom. The average molecular weight is 291 g/mol. The number of ether oxygens (including phenoxy) is 2. The lowest BCUT2D eigenvalue weighted by Gasteiger charge is -2.26. The van der Waals surface area contributed by atoms with Crippen LogP contribution < -0.4 is 10.1 Å². The summed E-state index contributed by atoms with van der Waals surface area (Å²) in [6.45, 7) is 10.1. The lowest BCUT2D eigenvalue weighted by Crippen LogP contribution is -2.30. The highest BCUT2D eigenvalue weighted by Crippen LogP contribution is 2.28. The summed E-state index contributed by atoms with van der Waals surface area (Å²) >= 11 is 0. The molecule has 0 spiro atoms. The summed E-state index contributed by atoms with van der Waals surface area (Å²) in [6.07, 6.45) is 3.93. The van der Waals surface area contributed by atoms with Crippen LogP contribution in [-0.2, 0) is 4.74 Å². The molecule has 118 valence electrons. The van der Waals surface area contributed by atoms with E-state index in [2.05, 4.69) is 51.2 Å². The van der Waals surface area contributed by atoms with Gasteiger partial charge in [-0.1, -0.05) is 19.1 Å². The first-order chi connectivity index (χ1) is 9.98. The maximum atomic E-state index is 5.97. The molecule has 21 heavy (non-hydrogen) atoms. The standard InChI is InChI=1S/C18H29NO2/c1-5-11-19-17(13-20-18(2,3)4)14-7-6-8-16(12-14)21-15-9-10-15/h6-8,12,15,17,19H,5,9-11,13H2,1-4H3. The summed E-state index contributed by atoms with van der Waals surface area (Å²) in [6, 6.07) is 8.64. The molecule has 1 aromatic rings. The molecule has 1 aromatic carbocycles. The number of benzene rings is 1. The fraction of sp³-hybridized carbons (Fsp3) is 0.667. The maximum absolute atomic E-state index is 5.97. The molecule has 0 aliphatic heterocycles. The molecule has 0 heterocycles. The Morgan fingerprint density at radius 2 is 2.05 bits per heavy atom. The second-order valence-corrected chi connectivity index (χ2v) is 6.82. The van der Waals surface area contributed by atoms with Crippen LogP contribution in [0.3, 0.4) is 0 Å². The zero-order chi connectivity index (χ0) is 15.3. The fourth-order valence-corrected chi connectivity index (χ4v) is 2.11. The van der Waals surface area contributed by atoms with Crippen molar-refractivity contribution in [1.29, 1.82) is 0 Å². The third-order valence-corrected chi connectivity index (χ3v) is 3.41. The van der Waals surface area contributed by atoms with E-state index in [4.69, 9.17) is 9.47 Å². The van der Waals surface area contributed by atoms with E-state index in [0.717, 1.165) is 18.7 Å². The van der Waals surface area contributed by atoms with Gasteiger partial charge in [0.25, 0.3) is 0 Å². The molecule has 1 aliphatic carbocycles. The lowest BCUT2D eigenvalue weighted by molar-refractivity contribution is -0.0148. The molecule has 2 rings (SSSR count). The van der Waals surface area contributed by atoms with Crippen molar-refractivity contribution in [2.45, 2.75) is 64.7 Å². The van der Waals surface area contributed by atoms with Crippen molar-refractivity contribution in [3.8, 4) is 5.75 Å². The minimum atomic E-state index is -0.117. The number of rotatable bonds is 8. The normalized spacial score (nSPS) is 16.8. The van der Waals surface area contributed by atoms with Gasteiger partial charge >= 0.3 is 0 Å².